The summed E-state index contributed by atoms with van der Waals surface area (Å²) in [5.41, 5.74) is 10.3. The normalized spacial score (nSPS) is 25.1. The Balaban J connectivity index is 0.00000165. The Morgan fingerprint density at radius 1 is 0.581 bits per heavy atom. The molecule has 4 aromatic rings. The molecule has 0 amide bonds. The summed E-state index contributed by atoms with van der Waals surface area (Å²) in [6.07, 6.45) is 19.2. The van der Waals surface area contributed by atoms with Gasteiger partial charge in [-0.05, 0) is 0 Å². The summed E-state index contributed by atoms with van der Waals surface area (Å²) < 4.78 is 3.54. The molecule has 4 atom stereocenters. The molecule has 0 radical (unpaired) electrons. The summed E-state index contributed by atoms with van der Waals surface area (Å²) in [5, 5.41) is 5.80. The van der Waals surface area contributed by atoms with Gasteiger partial charge in [0, 0.05) is 0 Å². The van der Waals surface area contributed by atoms with Crippen molar-refractivity contribution in [3.63, 3.8) is 0 Å². The number of rotatable bonds is 8. The van der Waals surface area contributed by atoms with Crippen molar-refractivity contribution < 1.29 is 41.4 Å². The number of allylic oxidation sites excluding steroid dienone is 2. The topological polar surface area (TPSA) is 0 Å². The first kappa shape index (κ1) is 31.2. The van der Waals surface area contributed by atoms with Crippen molar-refractivity contribution in [2.75, 3.05) is 0 Å². The van der Waals surface area contributed by atoms with E-state index in [-0.39, 0.29) is 24.8 Å². The average molecular weight is 644 g/mol. The third-order valence-electron chi connectivity index (χ3n) is 11.6. The van der Waals surface area contributed by atoms with E-state index in [4.69, 9.17) is 0 Å². The molecule has 1 saturated carbocycles. The summed E-state index contributed by atoms with van der Waals surface area (Å²) in [6.45, 7) is 4.76. The van der Waals surface area contributed by atoms with E-state index in [9.17, 15) is 0 Å². The Labute approximate surface area is 274 Å². The maximum atomic E-state index is 2.72. The molecule has 0 bridgehead atoms. The van der Waals surface area contributed by atoms with Crippen molar-refractivity contribution >= 4 is 33.7 Å². The van der Waals surface area contributed by atoms with Crippen LogP contribution < -0.4 is 24.8 Å². The molecule has 2 fully saturated rings. The van der Waals surface area contributed by atoms with Crippen LogP contribution in [0.3, 0.4) is 0 Å². The predicted octanol–water partition coefficient (Wildman–Crippen LogP) is 6.28. The maximum Gasteiger partial charge on any atom is -1.00 e. The molecule has 8 rings (SSSR count). The summed E-state index contributed by atoms with van der Waals surface area (Å²) in [6, 6.07) is 28.5. The Morgan fingerprint density at radius 3 is 1.47 bits per heavy atom. The zero-order valence-electron chi connectivity index (χ0n) is 25.7. The zero-order chi connectivity index (χ0) is 27.6. The first-order valence-electron chi connectivity index (χ1n) is 16.7. The Morgan fingerprint density at radius 2 is 1.02 bits per heavy atom. The number of hydrogen-bond donors (Lipinski definition) is 0. The van der Waals surface area contributed by atoms with Crippen LogP contribution in [0.15, 0.2) is 83.9 Å². The smallest absolute Gasteiger partial charge is 1.00 e. The third-order valence-corrected chi connectivity index (χ3v) is 22.4. The van der Waals surface area contributed by atoms with E-state index in [1.165, 1.54) is 85.8 Å². The minimum Gasteiger partial charge on any atom is -1.00 e. The van der Waals surface area contributed by atoms with Crippen molar-refractivity contribution in [3.05, 3.63) is 106 Å². The minimum absolute atomic E-state index is 0. The predicted molar refractivity (Wildman–Crippen MR) is 174 cm³/mol. The van der Waals surface area contributed by atoms with E-state index in [0.717, 1.165) is 16.9 Å². The van der Waals surface area contributed by atoms with Gasteiger partial charge in [-0.1, -0.05) is 0 Å². The van der Waals surface area contributed by atoms with Gasteiger partial charge in [-0.25, -0.2) is 0 Å². The molecule has 0 nitrogen and oxygen atoms in total. The van der Waals surface area contributed by atoms with Crippen molar-refractivity contribution in [2.45, 2.75) is 94.9 Å². The van der Waals surface area contributed by atoms with Crippen LogP contribution in [0.5, 0.6) is 0 Å². The van der Waals surface area contributed by atoms with Gasteiger partial charge >= 0.3 is 251 Å². The fourth-order valence-electron chi connectivity index (χ4n) is 10.0. The second-order valence-electron chi connectivity index (χ2n) is 13.6. The molecule has 222 valence electrons. The van der Waals surface area contributed by atoms with E-state index in [1.807, 2.05) is 11.1 Å². The molecule has 4 unspecified atom stereocenters. The molecule has 1 heterocycles. The molecule has 43 heavy (non-hydrogen) atoms. The Kier molecular flexibility index (Phi) is 9.08. The summed E-state index contributed by atoms with van der Waals surface area (Å²) in [5.74, 6) is 0. The second kappa shape index (κ2) is 12.5. The van der Waals surface area contributed by atoms with Crippen LogP contribution in [-0.2, 0) is 16.6 Å². The summed E-state index contributed by atoms with van der Waals surface area (Å²) >= 11 is -2.57. The molecule has 3 heteroatoms. The number of hydrogen-bond acceptors (Lipinski definition) is 0. The van der Waals surface area contributed by atoms with Crippen molar-refractivity contribution in [1.29, 1.82) is 0 Å². The average Bonchev–Trinajstić information content (AvgIpc) is 3.31. The minimum atomic E-state index is -2.57. The van der Waals surface area contributed by atoms with E-state index in [1.54, 1.807) is 22.3 Å². The molecule has 4 aliphatic rings. The number of halogens is 2. The quantitative estimate of drug-likeness (QED) is 0.199. The van der Waals surface area contributed by atoms with Gasteiger partial charge in [-0.15, -0.1) is 0 Å². The molecule has 0 spiro atoms. The molecule has 1 aliphatic heterocycles. The van der Waals surface area contributed by atoms with Crippen LogP contribution in [0.25, 0.3) is 33.7 Å². The van der Waals surface area contributed by atoms with Crippen molar-refractivity contribution in [3.8, 4) is 0 Å². The molecule has 3 aliphatic carbocycles. The van der Waals surface area contributed by atoms with Gasteiger partial charge in [0.2, 0.25) is 0 Å². The molecular formula is C40H44Cl2Ti. The Hall–Kier alpha value is -1.83. The van der Waals surface area contributed by atoms with Crippen LogP contribution >= 0.6 is 0 Å². The third kappa shape index (κ3) is 4.74. The van der Waals surface area contributed by atoms with Gasteiger partial charge in [0.1, 0.15) is 0 Å². The molecule has 0 aromatic heterocycles. The zero-order valence-corrected chi connectivity index (χ0v) is 28.8. The van der Waals surface area contributed by atoms with Crippen molar-refractivity contribution in [1.82, 2.24) is 0 Å². The van der Waals surface area contributed by atoms with E-state index in [2.05, 4.69) is 98.8 Å². The van der Waals surface area contributed by atoms with E-state index >= 15 is 0 Å². The van der Waals surface area contributed by atoms with Crippen molar-refractivity contribution in [2.24, 2.45) is 0 Å². The number of unbranched alkanes of at least 4 members (excludes halogenated alkanes) is 2. The monoisotopic (exact) mass is 642 g/mol. The van der Waals surface area contributed by atoms with Crippen LogP contribution in [0.4, 0.5) is 0 Å². The van der Waals surface area contributed by atoms with Gasteiger partial charge in [-0.3, -0.25) is 0 Å². The van der Waals surface area contributed by atoms with Crippen LogP contribution in [0, 0.1) is 0 Å². The number of benzene rings is 4. The SMILES string of the molecule is CCCCC1=Cc2c(ccc3ccccc23)[CH]1[Ti+2]1([CH]2C(CCCC)=Cc3c2ccc2ccccc32)[CH]2CCCC[CH]21.[Cl-].[Cl-]. The van der Waals surface area contributed by atoms with Gasteiger partial charge in [0.25, 0.3) is 0 Å². The number of fused-ring (bicyclic) bond motifs is 7. The summed E-state index contributed by atoms with van der Waals surface area (Å²) in [7, 11) is 0. The fraction of sp³-hybridized carbons (Fsp3) is 0.400. The maximum absolute atomic E-state index is 2.72. The largest absolute Gasteiger partial charge is 1.00 e. The first-order chi connectivity index (χ1) is 20.3. The standard InChI is InChI=1S/2C17H17.C6H10.2ClH.Ti/c2*1-2-3-6-13-11-15-10-9-14-7-4-5-8-16(14)17(15)12-13;1-2-4-6-5-3-1;;;/h2*4-5,7-12H,2-3,6H2,1H3;1-2H,3-6H2;2*1H;/q;;;;;+2/p-2. The van der Waals surface area contributed by atoms with Gasteiger partial charge in [-0.2, -0.15) is 0 Å². The van der Waals surface area contributed by atoms with Crippen LogP contribution in [0.1, 0.15) is 109 Å². The first-order valence-corrected chi connectivity index (χ1v) is 20.3. The summed E-state index contributed by atoms with van der Waals surface area (Å²) in [4.78, 5) is 0. The van der Waals surface area contributed by atoms with Gasteiger partial charge in [0.05, 0.1) is 0 Å². The van der Waals surface area contributed by atoms with E-state index < -0.39 is 16.6 Å². The van der Waals surface area contributed by atoms with Crippen LogP contribution in [0.2, 0.25) is 8.45 Å². The molecule has 4 aromatic carbocycles. The molecular weight excluding hydrogens is 599 g/mol. The second-order valence-corrected chi connectivity index (χ2v) is 20.8. The van der Waals surface area contributed by atoms with Gasteiger partial charge in [0.15, 0.2) is 0 Å². The van der Waals surface area contributed by atoms with Crippen LogP contribution in [-0.4, -0.2) is 0 Å². The van der Waals surface area contributed by atoms with Gasteiger partial charge < -0.3 is 24.8 Å². The molecule has 0 N–H and O–H groups in total. The van der Waals surface area contributed by atoms with E-state index in [0.29, 0.717) is 0 Å². The Bertz CT molecular complexity index is 1590. The fourth-order valence-corrected chi connectivity index (χ4v) is 24.2. The molecule has 1 saturated heterocycles.